The Bertz CT molecular complexity index is 8890. The van der Waals surface area contributed by atoms with Gasteiger partial charge in [-0.05, 0) is 211 Å². The number of imidazole rings is 3. The maximum Gasteiger partial charge on any atom is 0.172 e. The highest BCUT2D eigenvalue weighted by Crippen LogP contribution is 2.46. The maximum absolute atomic E-state index is 15.4. The fourth-order valence-corrected chi connectivity index (χ4v) is 25.9. The minimum atomic E-state index is -3.26. The summed E-state index contributed by atoms with van der Waals surface area (Å²) in [5.41, 5.74) is 14.4. The molecule has 0 bridgehead atoms. The number of aromatic nitrogens is 10. The summed E-state index contributed by atoms with van der Waals surface area (Å²) in [5.74, 6) is 0. The Kier molecular flexibility index (Phi) is 18.9. The fraction of sp³-hybridized carbons (Fsp3) is 0. The van der Waals surface area contributed by atoms with Gasteiger partial charge < -0.3 is 15.5 Å². The molecule has 0 saturated carbocycles. The number of hydrogen-bond acceptors (Lipinski definition) is 8. The van der Waals surface area contributed by atoms with Crippen LogP contribution >= 0.6 is 23.0 Å². The van der Waals surface area contributed by atoms with Crippen LogP contribution in [0.5, 0.6) is 0 Å². The number of para-hydroxylation sites is 10. The Morgan fingerprint density at radius 2 is 0.624 bits per heavy atom. The van der Waals surface area contributed by atoms with Crippen LogP contribution in [0.15, 0.2) is 419 Å². The molecule has 26 aromatic rings. The number of rotatable bonds is 9. The van der Waals surface area contributed by atoms with Gasteiger partial charge in [0.1, 0.15) is 23.3 Å². The van der Waals surface area contributed by atoms with Crippen molar-refractivity contribution in [2.45, 2.75) is 0 Å². The molecule has 9 aromatic heterocycles. The van der Waals surface area contributed by atoms with Gasteiger partial charge in [0, 0.05) is 83.8 Å². The van der Waals surface area contributed by atoms with Crippen molar-refractivity contribution in [3.05, 3.63) is 419 Å². The van der Waals surface area contributed by atoms with Crippen LogP contribution in [-0.4, -0.2) is 59.0 Å². The molecule has 0 fully saturated rings. The van der Waals surface area contributed by atoms with Crippen LogP contribution in [-0.2, 0) is 4.57 Å². The largest absolute Gasteiger partial charge is 0.412 e. The summed E-state index contributed by atoms with van der Waals surface area (Å²) in [4.78, 5) is 33.1. The van der Waals surface area contributed by atoms with Crippen molar-refractivity contribution in [1.29, 1.82) is 0 Å². The van der Waals surface area contributed by atoms with Crippen LogP contribution in [0.3, 0.4) is 0 Å². The molecule has 13 nitrogen and oxygen atoms in total. The van der Waals surface area contributed by atoms with Gasteiger partial charge in [-0.1, -0.05) is 273 Å². The molecule has 0 aliphatic rings. The van der Waals surface area contributed by atoms with Gasteiger partial charge in [0.05, 0.1) is 60.7 Å². The van der Waals surface area contributed by atoms with Gasteiger partial charge >= 0.3 is 0 Å². The van der Waals surface area contributed by atoms with Crippen molar-refractivity contribution in [1.82, 2.24) is 48.1 Å². The van der Waals surface area contributed by atoms with E-state index in [1.165, 1.54) is 102 Å². The number of nitrogens with zero attached hydrogens (tertiary/aromatic N) is 10. The van der Waals surface area contributed by atoms with Crippen molar-refractivity contribution in [3.63, 3.8) is 0 Å². The molecule has 0 spiro atoms. The third-order valence-corrected chi connectivity index (χ3v) is 32.1. The molecule has 9 heterocycles. The topological polar surface area (TPSA) is 184 Å². The van der Waals surface area contributed by atoms with Crippen molar-refractivity contribution in [3.8, 4) is 0 Å². The second-order valence-electron chi connectivity index (χ2n) is 31.2. The van der Waals surface area contributed by atoms with Crippen molar-refractivity contribution >= 4 is 240 Å². The van der Waals surface area contributed by atoms with E-state index in [9.17, 15) is 0 Å². The molecule has 0 radical (unpaired) electrons. The summed E-state index contributed by atoms with van der Waals surface area (Å²) in [6, 6.07) is 138. The summed E-state index contributed by atoms with van der Waals surface area (Å²) >= 11 is 0. The Morgan fingerprint density at radius 1 is 0.224 bits per heavy atom. The zero-order chi connectivity index (χ0) is 81.2. The molecule has 125 heavy (non-hydrogen) atoms. The van der Waals surface area contributed by atoms with E-state index in [2.05, 4.69) is 331 Å². The third-order valence-electron chi connectivity index (χ3n) is 24.3. The molecule has 3 atom stereocenters. The summed E-state index contributed by atoms with van der Waals surface area (Å²) in [7, 11) is -4.99. The van der Waals surface area contributed by atoms with E-state index in [0.29, 0.717) is 0 Å². The van der Waals surface area contributed by atoms with E-state index >= 15 is 4.57 Å². The molecule has 0 aliphatic heterocycles. The van der Waals surface area contributed by atoms with Gasteiger partial charge in [-0.15, -0.1) is 0 Å². The zero-order valence-electron chi connectivity index (χ0n) is 67.1. The molecule has 17 aromatic carbocycles. The Hall–Kier alpha value is -15.2. The molecular formula is C109H73N10O3P3. The SMILES string of the molecule is O.O.O=P(c1ccccc1)(c1cnc2ccccc2c1)c1ccc2c3ccccc3n3c4ccccc4nc3c2c1.c1ccc2c(c1)nc1c3cc(P(c4ccncc4)c4ccc5cncnc5c4)ccc3c3ccccc3n21.c1ccc2cc(P(c3ccc4ccc5ccccc5c4c3)c3ccc4c5ccccc5n5c6ccccc6nc5c4c3)ccc2c1. The second-order valence-corrected chi connectivity index (χ2v) is 38.4. The van der Waals surface area contributed by atoms with E-state index in [-0.39, 0.29) is 11.0 Å². The summed E-state index contributed by atoms with van der Waals surface area (Å²) in [6.07, 6.45) is 9.01. The van der Waals surface area contributed by atoms with Gasteiger partial charge in [-0.2, -0.15) is 0 Å². The zero-order valence-corrected chi connectivity index (χ0v) is 69.7. The first-order valence-corrected chi connectivity index (χ1v) is 45.5. The molecule has 3 unspecified atom stereocenters. The van der Waals surface area contributed by atoms with Crippen molar-refractivity contribution in [2.24, 2.45) is 0 Å². The van der Waals surface area contributed by atoms with E-state index in [0.717, 1.165) is 115 Å². The lowest BCUT2D eigenvalue weighted by molar-refractivity contribution is 0.592. The first kappa shape index (κ1) is 76.0. The lowest BCUT2D eigenvalue weighted by atomic mass is 10.0. The number of hydrogen-bond donors (Lipinski definition) is 0. The molecule has 26 rings (SSSR count). The van der Waals surface area contributed by atoms with Crippen molar-refractivity contribution < 1.29 is 15.5 Å². The number of fused-ring (bicyclic) bond motifs is 30. The Morgan fingerprint density at radius 3 is 1.19 bits per heavy atom. The van der Waals surface area contributed by atoms with E-state index in [4.69, 9.17) is 19.9 Å². The molecular weight excluding hydrogens is 1590 g/mol. The van der Waals surface area contributed by atoms with E-state index < -0.39 is 23.0 Å². The molecule has 0 amide bonds. The van der Waals surface area contributed by atoms with Crippen LogP contribution in [0.4, 0.5) is 0 Å². The van der Waals surface area contributed by atoms with Gasteiger partial charge in [-0.3, -0.25) is 23.2 Å². The van der Waals surface area contributed by atoms with Gasteiger partial charge in [0.25, 0.3) is 0 Å². The normalized spacial score (nSPS) is 12.7. The highest BCUT2D eigenvalue weighted by atomic mass is 31.2. The first-order chi connectivity index (χ1) is 60.9. The third kappa shape index (κ3) is 12.7. The lowest BCUT2D eigenvalue weighted by Crippen LogP contribution is -2.25. The molecule has 4 N–H and O–H groups in total. The van der Waals surface area contributed by atoms with Gasteiger partial charge in [0.15, 0.2) is 7.14 Å². The minimum absolute atomic E-state index is 0. The predicted molar refractivity (Wildman–Crippen MR) is 526 cm³/mol. The van der Waals surface area contributed by atoms with Gasteiger partial charge in [0.2, 0.25) is 0 Å². The molecule has 0 saturated heterocycles. The minimum Gasteiger partial charge on any atom is -0.412 e. The smallest absolute Gasteiger partial charge is 0.172 e. The van der Waals surface area contributed by atoms with Crippen LogP contribution in [0.1, 0.15) is 0 Å². The standard InChI is InChI=1S/C43H27N2P.C34H22N3OP.C32H20N5P.2H2O/c1-2-11-31-25-32(21-19-28(31)9-1)46(33-22-20-30-18-17-29-10-3-4-12-35(29)38(30)26-33)34-23-24-36-37-13-5-7-15-41(37)45-42-16-8-6-14-40(42)44-43(45)39(36)27-34;38-39(24-11-2-1-3-12-24,26-20-23-10-4-6-14-30(23)35-22-26)25-18-19-27-28-13-5-8-16-32(28)37-33-17-9-7-15-31(33)36-34(37)29(27)21-25;1-3-7-30-26(5-1)25-12-11-23(17-27(25)32-36-28-6-2-4-8-31(28)37(30)32)38(22-13-15-33-16-14-22)24-10-9-21-19-34-20-35-29(21)18-24;;/h1-27H;1-22H;1-20H;2*1H2. The summed E-state index contributed by atoms with van der Waals surface area (Å²) in [5, 5.41) is 30.2. The quantitative estimate of drug-likeness (QED) is 0.101. The monoisotopic (exact) mass is 1660 g/mol. The fourth-order valence-electron chi connectivity index (χ4n) is 18.6. The second kappa shape index (κ2) is 31.1. The summed E-state index contributed by atoms with van der Waals surface area (Å²) in [6.45, 7) is 0. The average Bonchev–Trinajstić information content (AvgIpc) is 1.66. The van der Waals surface area contributed by atoms with Crippen LogP contribution in [0, 0.1) is 0 Å². The van der Waals surface area contributed by atoms with Crippen molar-refractivity contribution in [2.75, 3.05) is 0 Å². The maximum atomic E-state index is 15.4. The average molecular weight is 1660 g/mol. The summed E-state index contributed by atoms with van der Waals surface area (Å²) < 4.78 is 22.3. The van der Waals surface area contributed by atoms with E-state index in [1.54, 1.807) is 12.5 Å². The molecule has 16 heteroatoms. The molecule has 0 aliphatic carbocycles. The molecule has 592 valence electrons. The number of benzene rings is 17. The van der Waals surface area contributed by atoms with E-state index in [1.807, 2.05) is 104 Å². The Labute approximate surface area is 718 Å². The lowest BCUT2D eigenvalue weighted by Gasteiger charge is -2.22. The Balaban J connectivity index is 0.000000111. The predicted octanol–water partition coefficient (Wildman–Crippen LogP) is 21.2. The number of pyridine rings is 5. The van der Waals surface area contributed by atoms with Gasteiger partial charge in [-0.25, -0.2) is 24.9 Å². The highest BCUT2D eigenvalue weighted by Gasteiger charge is 2.32. The van der Waals surface area contributed by atoms with Crippen LogP contribution < -0.4 is 47.7 Å². The van der Waals surface area contributed by atoms with Crippen LogP contribution in [0.25, 0.3) is 169 Å². The first-order valence-electron chi connectivity index (χ1n) is 41.1. The van der Waals surface area contributed by atoms with Crippen LogP contribution in [0.2, 0.25) is 0 Å². The highest BCUT2D eigenvalue weighted by molar-refractivity contribution is 7.85.